The van der Waals surface area contributed by atoms with Crippen molar-refractivity contribution < 1.29 is 0 Å². The van der Waals surface area contributed by atoms with E-state index < -0.39 is 0 Å². The summed E-state index contributed by atoms with van der Waals surface area (Å²) in [6, 6.07) is 0.481. The van der Waals surface area contributed by atoms with Gasteiger partial charge in [0.2, 0.25) is 0 Å². The minimum absolute atomic E-state index is 0.481. The molecule has 0 radical (unpaired) electrons. The highest BCUT2D eigenvalue weighted by Gasteiger charge is 2.14. The van der Waals surface area contributed by atoms with E-state index in [1.807, 2.05) is 0 Å². The third-order valence-electron chi connectivity index (χ3n) is 1.38. The fourth-order valence-corrected chi connectivity index (χ4v) is 0.644. The van der Waals surface area contributed by atoms with Crippen LogP contribution in [0.4, 0.5) is 0 Å². The molecule has 3 nitrogen and oxygen atoms in total. The zero-order chi connectivity index (χ0) is 5.98. The minimum atomic E-state index is 0.481. The molecule has 0 spiro atoms. The summed E-state index contributed by atoms with van der Waals surface area (Å²) in [7, 11) is 0. The van der Waals surface area contributed by atoms with Crippen LogP contribution in [0.3, 0.4) is 0 Å². The Bertz CT molecular complexity index is 89.8. The van der Waals surface area contributed by atoms with Gasteiger partial charge in [-0.3, -0.25) is 5.43 Å². The SMILES string of the molecule is CC(C)C1CN=NN1. The molecule has 1 unspecified atom stereocenters. The standard InChI is InChI=1S/C5H11N3/c1-4(2)5-3-6-8-7-5/h4-5H,3H2,1-2H3,(H,6,7). The van der Waals surface area contributed by atoms with Gasteiger partial charge in [0, 0.05) is 0 Å². The molecular weight excluding hydrogens is 102 g/mol. The van der Waals surface area contributed by atoms with Crippen molar-refractivity contribution in [2.45, 2.75) is 19.9 Å². The van der Waals surface area contributed by atoms with Crippen molar-refractivity contribution >= 4 is 0 Å². The Hall–Kier alpha value is -0.600. The Labute approximate surface area is 49.2 Å². The molecule has 0 aromatic carbocycles. The molecule has 1 rings (SSSR count). The number of hydrogen-bond donors (Lipinski definition) is 1. The largest absolute Gasteiger partial charge is 0.287 e. The van der Waals surface area contributed by atoms with Gasteiger partial charge in [-0.15, -0.1) is 0 Å². The van der Waals surface area contributed by atoms with Crippen LogP contribution in [0.2, 0.25) is 0 Å². The third-order valence-corrected chi connectivity index (χ3v) is 1.38. The molecule has 1 N–H and O–H groups in total. The Balaban J connectivity index is 2.29. The lowest BCUT2D eigenvalue weighted by atomic mass is 10.1. The van der Waals surface area contributed by atoms with E-state index in [-0.39, 0.29) is 0 Å². The molecule has 0 bridgehead atoms. The fourth-order valence-electron chi connectivity index (χ4n) is 0.644. The number of rotatable bonds is 1. The fraction of sp³-hybridized carbons (Fsp3) is 1.00. The molecule has 1 atom stereocenters. The maximum absolute atomic E-state index is 3.80. The second-order valence-corrected chi connectivity index (χ2v) is 2.40. The Morgan fingerprint density at radius 1 is 1.62 bits per heavy atom. The normalized spacial score (nSPS) is 26.6. The van der Waals surface area contributed by atoms with E-state index in [0.717, 1.165) is 6.54 Å². The molecule has 3 heteroatoms. The summed E-state index contributed by atoms with van der Waals surface area (Å²) in [4.78, 5) is 0. The average Bonchev–Trinajstić information content (AvgIpc) is 2.12. The van der Waals surface area contributed by atoms with Crippen molar-refractivity contribution in [3.05, 3.63) is 0 Å². The maximum atomic E-state index is 3.80. The van der Waals surface area contributed by atoms with Crippen molar-refractivity contribution in [2.24, 2.45) is 16.3 Å². The number of nitrogens with zero attached hydrogens (tertiary/aromatic N) is 2. The zero-order valence-corrected chi connectivity index (χ0v) is 5.26. The lowest BCUT2D eigenvalue weighted by Crippen LogP contribution is -2.27. The first-order valence-electron chi connectivity index (χ1n) is 2.92. The lowest BCUT2D eigenvalue weighted by molar-refractivity contribution is 0.456. The lowest BCUT2D eigenvalue weighted by Gasteiger charge is -2.10. The van der Waals surface area contributed by atoms with Crippen LogP contribution in [0, 0.1) is 5.92 Å². The Morgan fingerprint density at radius 2 is 2.38 bits per heavy atom. The summed E-state index contributed by atoms with van der Waals surface area (Å²) >= 11 is 0. The molecule has 0 amide bonds. The first-order chi connectivity index (χ1) is 3.80. The first-order valence-corrected chi connectivity index (χ1v) is 2.92. The van der Waals surface area contributed by atoms with E-state index in [2.05, 4.69) is 29.6 Å². The molecule has 0 aromatic heterocycles. The molecule has 1 aliphatic rings. The van der Waals surface area contributed by atoms with Gasteiger partial charge in [0.05, 0.1) is 12.6 Å². The Kier molecular flexibility index (Phi) is 1.46. The van der Waals surface area contributed by atoms with Crippen molar-refractivity contribution in [1.29, 1.82) is 0 Å². The van der Waals surface area contributed by atoms with Crippen LogP contribution in [0.5, 0.6) is 0 Å². The smallest absolute Gasteiger partial charge is 0.0841 e. The first kappa shape index (κ1) is 5.54. The van der Waals surface area contributed by atoms with Crippen molar-refractivity contribution in [1.82, 2.24) is 5.43 Å². The zero-order valence-electron chi connectivity index (χ0n) is 5.26. The third kappa shape index (κ3) is 0.967. The molecular formula is C5H11N3. The van der Waals surface area contributed by atoms with Crippen molar-refractivity contribution in [3.63, 3.8) is 0 Å². The van der Waals surface area contributed by atoms with E-state index in [1.165, 1.54) is 0 Å². The predicted octanol–water partition coefficient (Wildman–Crippen LogP) is 0.981. The van der Waals surface area contributed by atoms with Crippen LogP contribution >= 0.6 is 0 Å². The van der Waals surface area contributed by atoms with Gasteiger partial charge < -0.3 is 0 Å². The predicted molar refractivity (Wildman–Crippen MR) is 31.5 cm³/mol. The van der Waals surface area contributed by atoms with Gasteiger partial charge in [0.25, 0.3) is 0 Å². The molecule has 1 heterocycles. The molecule has 0 aliphatic carbocycles. The molecule has 46 valence electrons. The van der Waals surface area contributed by atoms with Crippen molar-refractivity contribution in [2.75, 3.05) is 6.54 Å². The maximum Gasteiger partial charge on any atom is 0.0841 e. The summed E-state index contributed by atoms with van der Waals surface area (Å²) in [6.45, 7) is 5.17. The number of hydrogen-bond acceptors (Lipinski definition) is 3. The summed E-state index contributed by atoms with van der Waals surface area (Å²) in [5.74, 6) is 0.644. The highest BCUT2D eigenvalue weighted by atomic mass is 15.5. The van der Waals surface area contributed by atoms with E-state index in [0.29, 0.717) is 12.0 Å². The van der Waals surface area contributed by atoms with E-state index >= 15 is 0 Å². The molecule has 1 aliphatic heterocycles. The summed E-state index contributed by atoms with van der Waals surface area (Å²) in [6.07, 6.45) is 0. The molecule has 8 heavy (non-hydrogen) atoms. The van der Waals surface area contributed by atoms with Gasteiger partial charge in [-0.1, -0.05) is 19.1 Å². The topological polar surface area (TPSA) is 36.8 Å². The molecule has 0 fully saturated rings. The quantitative estimate of drug-likeness (QED) is 0.540. The summed E-state index contributed by atoms with van der Waals surface area (Å²) < 4.78 is 0. The average molecular weight is 113 g/mol. The van der Waals surface area contributed by atoms with Gasteiger partial charge >= 0.3 is 0 Å². The van der Waals surface area contributed by atoms with Crippen LogP contribution < -0.4 is 5.43 Å². The molecule has 0 saturated carbocycles. The van der Waals surface area contributed by atoms with Gasteiger partial charge in [-0.05, 0) is 5.92 Å². The van der Waals surface area contributed by atoms with Crippen LogP contribution in [-0.2, 0) is 0 Å². The van der Waals surface area contributed by atoms with Crippen LogP contribution in [-0.4, -0.2) is 12.6 Å². The summed E-state index contributed by atoms with van der Waals surface area (Å²) in [5.41, 5.74) is 2.91. The van der Waals surface area contributed by atoms with Gasteiger partial charge in [-0.25, -0.2) is 0 Å². The second-order valence-electron chi connectivity index (χ2n) is 2.40. The highest BCUT2D eigenvalue weighted by Crippen LogP contribution is 2.05. The van der Waals surface area contributed by atoms with Gasteiger partial charge in [-0.2, -0.15) is 5.11 Å². The molecule has 0 aromatic rings. The molecule has 0 saturated heterocycles. The van der Waals surface area contributed by atoms with Crippen LogP contribution in [0.25, 0.3) is 0 Å². The Morgan fingerprint density at radius 3 is 2.62 bits per heavy atom. The van der Waals surface area contributed by atoms with Crippen molar-refractivity contribution in [3.8, 4) is 0 Å². The van der Waals surface area contributed by atoms with Crippen LogP contribution in [0.1, 0.15) is 13.8 Å². The van der Waals surface area contributed by atoms with Gasteiger partial charge in [0.1, 0.15) is 0 Å². The highest BCUT2D eigenvalue weighted by molar-refractivity contribution is 4.72. The van der Waals surface area contributed by atoms with E-state index in [1.54, 1.807) is 0 Å². The van der Waals surface area contributed by atoms with Crippen LogP contribution in [0.15, 0.2) is 10.3 Å². The number of nitrogens with one attached hydrogen (secondary N) is 1. The monoisotopic (exact) mass is 113 g/mol. The van der Waals surface area contributed by atoms with Gasteiger partial charge in [0.15, 0.2) is 0 Å². The second kappa shape index (κ2) is 2.11. The van der Waals surface area contributed by atoms with E-state index in [4.69, 9.17) is 0 Å². The minimum Gasteiger partial charge on any atom is -0.287 e. The van der Waals surface area contributed by atoms with E-state index in [9.17, 15) is 0 Å². The summed E-state index contributed by atoms with van der Waals surface area (Å²) in [5, 5.41) is 7.46.